The SMILES string of the molecule is CNC(c1cc(C)cc(Cl)c1)c1cc(Br)c(C)s1. The van der Waals surface area contributed by atoms with Crippen molar-refractivity contribution in [1.82, 2.24) is 5.32 Å². The molecule has 1 aromatic carbocycles. The summed E-state index contributed by atoms with van der Waals surface area (Å²) in [7, 11) is 1.98. The summed E-state index contributed by atoms with van der Waals surface area (Å²) in [5, 5.41) is 4.15. The minimum atomic E-state index is 0.192. The van der Waals surface area contributed by atoms with E-state index in [1.807, 2.05) is 19.2 Å². The molecule has 4 heteroatoms. The van der Waals surface area contributed by atoms with E-state index in [1.54, 1.807) is 11.3 Å². The summed E-state index contributed by atoms with van der Waals surface area (Å²) < 4.78 is 1.17. The normalized spacial score (nSPS) is 12.7. The van der Waals surface area contributed by atoms with Gasteiger partial charge in [0, 0.05) is 19.2 Å². The van der Waals surface area contributed by atoms with Crippen LogP contribution in [0.4, 0.5) is 0 Å². The van der Waals surface area contributed by atoms with Crippen molar-refractivity contribution in [3.05, 3.63) is 54.6 Å². The van der Waals surface area contributed by atoms with Crippen molar-refractivity contribution < 1.29 is 0 Å². The van der Waals surface area contributed by atoms with Crippen molar-refractivity contribution in [3.8, 4) is 0 Å². The molecular formula is C14H15BrClNS. The van der Waals surface area contributed by atoms with Gasteiger partial charge in [-0.3, -0.25) is 0 Å². The first-order chi connectivity index (χ1) is 8.51. The molecule has 0 aliphatic heterocycles. The van der Waals surface area contributed by atoms with Gasteiger partial charge >= 0.3 is 0 Å². The Morgan fingerprint density at radius 2 is 1.94 bits per heavy atom. The van der Waals surface area contributed by atoms with Crippen molar-refractivity contribution in [2.75, 3.05) is 7.05 Å². The van der Waals surface area contributed by atoms with Crippen LogP contribution in [0.1, 0.15) is 26.9 Å². The average Bonchev–Trinajstić information content (AvgIpc) is 2.58. The lowest BCUT2D eigenvalue weighted by Crippen LogP contribution is -2.16. The molecule has 0 bridgehead atoms. The predicted molar refractivity (Wildman–Crippen MR) is 83.8 cm³/mol. The van der Waals surface area contributed by atoms with Crippen LogP contribution in [0.25, 0.3) is 0 Å². The van der Waals surface area contributed by atoms with E-state index in [0.29, 0.717) is 0 Å². The second-order valence-electron chi connectivity index (χ2n) is 4.34. The highest BCUT2D eigenvalue weighted by molar-refractivity contribution is 9.10. The number of benzene rings is 1. The summed E-state index contributed by atoms with van der Waals surface area (Å²) in [6.45, 7) is 4.19. The molecule has 1 atom stereocenters. The lowest BCUT2D eigenvalue weighted by atomic mass is 10.0. The van der Waals surface area contributed by atoms with E-state index in [2.05, 4.69) is 47.2 Å². The third-order valence-electron chi connectivity index (χ3n) is 2.85. The summed E-state index contributed by atoms with van der Waals surface area (Å²) in [6, 6.07) is 8.55. The molecule has 0 fully saturated rings. The van der Waals surface area contributed by atoms with Crippen LogP contribution in [0.15, 0.2) is 28.7 Å². The van der Waals surface area contributed by atoms with Crippen LogP contribution in [0.5, 0.6) is 0 Å². The molecule has 0 spiro atoms. The monoisotopic (exact) mass is 343 g/mol. The predicted octanol–water partition coefficient (Wildman–Crippen LogP) is 5.09. The quantitative estimate of drug-likeness (QED) is 0.818. The fourth-order valence-corrected chi connectivity index (χ4v) is 4.03. The van der Waals surface area contributed by atoms with Crippen LogP contribution >= 0.6 is 38.9 Å². The summed E-state index contributed by atoms with van der Waals surface area (Å²) in [6.07, 6.45) is 0. The Hall–Kier alpha value is -0.350. The Kier molecular flexibility index (Phi) is 4.49. The maximum absolute atomic E-state index is 6.14. The highest BCUT2D eigenvalue weighted by atomic mass is 79.9. The second-order valence-corrected chi connectivity index (χ2v) is 6.92. The highest BCUT2D eigenvalue weighted by Gasteiger charge is 2.16. The Bertz CT molecular complexity index is 525. The molecular weight excluding hydrogens is 330 g/mol. The number of nitrogens with one attached hydrogen (secondary N) is 1. The van der Waals surface area contributed by atoms with Gasteiger partial charge in [0.1, 0.15) is 0 Å². The highest BCUT2D eigenvalue weighted by Crippen LogP contribution is 2.34. The Morgan fingerprint density at radius 1 is 1.22 bits per heavy atom. The van der Waals surface area contributed by atoms with E-state index in [1.165, 1.54) is 25.4 Å². The first-order valence-corrected chi connectivity index (χ1v) is 7.70. The molecule has 0 aliphatic rings. The lowest BCUT2D eigenvalue weighted by Gasteiger charge is -2.16. The molecule has 96 valence electrons. The number of thiophene rings is 1. The minimum absolute atomic E-state index is 0.192. The minimum Gasteiger partial charge on any atom is -0.309 e. The van der Waals surface area contributed by atoms with E-state index < -0.39 is 0 Å². The molecule has 2 aromatic rings. The van der Waals surface area contributed by atoms with Gasteiger partial charge in [0.2, 0.25) is 0 Å². The van der Waals surface area contributed by atoms with Gasteiger partial charge < -0.3 is 5.32 Å². The summed E-state index contributed by atoms with van der Waals surface area (Å²) in [5.74, 6) is 0. The number of hydrogen-bond acceptors (Lipinski definition) is 2. The first-order valence-electron chi connectivity index (χ1n) is 5.71. The van der Waals surface area contributed by atoms with Gasteiger partial charge in [-0.15, -0.1) is 11.3 Å². The molecule has 1 unspecified atom stereocenters. The molecule has 18 heavy (non-hydrogen) atoms. The Morgan fingerprint density at radius 3 is 2.44 bits per heavy atom. The standard InChI is InChI=1S/C14H15BrClNS/c1-8-4-10(6-11(16)5-8)14(17-3)13-7-12(15)9(2)18-13/h4-7,14,17H,1-3H3. The number of rotatable bonds is 3. The van der Waals surface area contributed by atoms with Crippen molar-refractivity contribution in [3.63, 3.8) is 0 Å². The van der Waals surface area contributed by atoms with Crippen LogP contribution < -0.4 is 5.32 Å². The molecule has 1 nitrogen and oxygen atoms in total. The molecule has 1 heterocycles. The maximum Gasteiger partial charge on any atom is 0.0669 e. The van der Waals surface area contributed by atoms with E-state index in [0.717, 1.165) is 5.02 Å². The van der Waals surface area contributed by atoms with Gasteiger partial charge in [-0.2, -0.15) is 0 Å². The molecule has 0 saturated heterocycles. The largest absolute Gasteiger partial charge is 0.309 e. The van der Waals surface area contributed by atoms with Gasteiger partial charge in [-0.05, 0) is 66.2 Å². The van der Waals surface area contributed by atoms with Crippen LogP contribution in [0, 0.1) is 13.8 Å². The van der Waals surface area contributed by atoms with Crippen LogP contribution in [0.3, 0.4) is 0 Å². The van der Waals surface area contributed by atoms with E-state index in [-0.39, 0.29) is 6.04 Å². The van der Waals surface area contributed by atoms with Crippen LogP contribution in [-0.4, -0.2) is 7.05 Å². The summed E-state index contributed by atoms with van der Waals surface area (Å²) in [4.78, 5) is 2.59. The summed E-state index contributed by atoms with van der Waals surface area (Å²) >= 11 is 11.5. The molecule has 1 aromatic heterocycles. The van der Waals surface area contributed by atoms with Gasteiger partial charge in [-0.25, -0.2) is 0 Å². The van der Waals surface area contributed by atoms with Crippen molar-refractivity contribution in [2.45, 2.75) is 19.9 Å². The second kappa shape index (κ2) is 5.74. The van der Waals surface area contributed by atoms with Gasteiger partial charge in [0.05, 0.1) is 6.04 Å². The zero-order chi connectivity index (χ0) is 13.3. The van der Waals surface area contributed by atoms with E-state index in [9.17, 15) is 0 Å². The topological polar surface area (TPSA) is 12.0 Å². The van der Waals surface area contributed by atoms with Gasteiger partial charge in [-0.1, -0.05) is 17.7 Å². The molecule has 0 amide bonds. The van der Waals surface area contributed by atoms with Crippen molar-refractivity contribution in [2.24, 2.45) is 0 Å². The maximum atomic E-state index is 6.14. The molecule has 0 aliphatic carbocycles. The van der Waals surface area contributed by atoms with Crippen molar-refractivity contribution >= 4 is 38.9 Å². The zero-order valence-corrected chi connectivity index (χ0v) is 13.7. The Labute approximate surface area is 125 Å². The average molecular weight is 345 g/mol. The Balaban J connectivity index is 2.44. The van der Waals surface area contributed by atoms with Gasteiger partial charge in [0.25, 0.3) is 0 Å². The molecule has 0 saturated carbocycles. The fourth-order valence-electron chi connectivity index (χ4n) is 2.03. The smallest absolute Gasteiger partial charge is 0.0669 e. The first kappa shape index (κ1) is 14.1. The lowest BCUT2D eigenvalue weighted by molar-refractivity contribution is 0.703. The van der Waals surface area contributed by atoms with E-state index in [4.69, 9.17) is 11.6 Å². The third kappa shape index (κ3) is 2.97. The molecule has 1 N–H and O–H groups in total. The third-order valence-corrected chi connectivity index (χ3v) is 5.27. The number of halogens is 2. The fraction of sp³-hybridized carbons (Fsp3) is 0.286. The summed E-state index contributed by atoms with van der Waals surface area (Å²) in [5.41, 5.74) is 2.39. The zero-order valence-electron chi connectivity index (χ0n) is 10.6. The van der Waals surface area contributed by atoms with Crippen LogP contribution in [0.2, 0.25) is 5.02 Å². The molecule has 0 radical (unpaired) electrons. The number of aryl methyl sites for hydroxylation is 2. The van der Waals surface area contributed by atoms with Gasteiger partial charge in [0.15, 0.2) is 0 Å². The van der Waals surface area contributed by atoms with E-state index >= 15 is 0 Å². The number of hydrogen-bond donors (Lipinski definition) is 1. The van der Waals surface area contributed by atoms with Crippen LogP contribution in [-0.2, 0) is 0 Å². The molecule has 2 rings (SSSR count). The van der Waals surface area contributed by atoms with Crippen molar-refractivity contribution in [1.29, 1.82) is 0 Å².